The number of ketones is 2. The Hall–Kier alpha value is -0.795. The van der Waals surface area contributed by atoms with E-state index in [4.69, 9.17) is 0 Å². The van der Waals surface area contributed by atoms with E-state index in [1.165, 1.54) is 13.8 Å². The van der Waals surface area contributed by atoms with E-state index in [0.29, 0.717) is 7.15 Å². The van der Waals surface area contributed by atoms with Crippen LogP contribution in [0.4, 0.5) is 0 Å². The fourth-order valence-corrected chi connectivity index (χ4v) is 0.478. The van der Waals surface area contributed by atoms with Gasteiger partial charge in [0.1, 0.15) is 0 Å². The molecule has 0 N–H and O–H groups in total. The molecule has 0 amide bonds. The first-order chi connectivity index (χ1) is 4.09. The van der Waals surface area contributed by atoms with E-state index in [9.17, 15) is 14.3 Å². The van der Waals surface area contributed by atoms with Gasteiger partial charge in [-0.25, -0.2) is 0 Å². The third-order valence-corrected chi connectivity index (χ3v) is 1.01. The zero-order chi connectivity index (χ0) is 7.44. The average molecular weight is 126 g/mol. The molecule has 0 radical (unpaired) electrons. The summed E-state index contributed by atoms with van der Waals surface area (Å²) in [5.41, 5.74) is 0. The molecule has 0 saturated carbocycles. The summed E-state index contributed by atoms with van der Waals surface area (Å²) in [5.74, 6) is -1.82. The summed E-state index contributed by atoms with van der Waals surface area (Å²) in [6.45, 7) is 2.45. The van der Waals surface area contributed by atoms with Crippen molar-refractivity contribution in [2.75, 3.05) is 0 Å². The number of hydrogen-bond acceptors (Lipinski definition) is 3. The van der Waals surface area contributed by atoms with Crippen molar-refractivity contribution in [3.8, 4) is 0 Å². The minimum atomic E-state index is -1.04. The first-order valence-electron chi connectivity index (χ1n) is 2.55. The van der Waals surface area contributed by atoms with E-state index in [0.717, 1.165) is 0 Å². The zero-order valence-electron chi connectivity index (χ0n) is 5.38. The monoisotopic (exact) mass is 126 g/mol. The molecule has 0 atom stereocenters. The number of Topliss-reactive ketones (excluding diaryl/α,β-unsaturated/α-hetero) is 2. The Morgan fingerprint density at radius 2 is 1.56 bits per heavy atom. The Bertz CT molecular complexity index is 138. The van der Waals surface area contributed by atoms with E-state index in [-0.39, 0.29) is 0 Å². The molecule has 0 aliphatic heterocycles. The molecule has 0 fully saturated rings. The summed E-state index contributed by atoms with van der Waals surface area (Å²) in [4.78, 5) is 20.7. The van der Waals surface area contributed by atoms with Crippen LogP contribution in [0.5, 0.6) is 0 Å². The van der Waals surface area contributed by atoms with Crippen LogP contribution in [0.2, 0.25) is 5.82 Å². The molecule has 0 rings (SSSR count). The molecule has 0 aromatic carbocycles. The first-order valence-corrected chi connectivity index (χ1v) is 2.55. The molecule has 0 spiro atoms. The van der Waals surface area contributed by atoms with Crippen LogP contribution in [0.1, 0.15) is 13.8 Å². The predicted octanol–water partition coefficient (Wildman–Crippen LogP) is 0.00260. The molecule has 0 saturated heterocycles. The van der Waals surface area contributed by atoms with Gasteiger partial charge in [-0.1, -0.05) is 0 Å². The second-order valence-corrected chi connectivity index (χ2v) is 1.84. The Balaban J connectivity index is 4.16. The van der Waals surface area contributed by atoms with Gasteiger partial charge in [0.05, 0.1) is 0 Å². The summed E-state index contributed by atoms with van der Waals surface area (Å²) in [6, 6.07) is 0. The third-order valence-electron chi connectivity index (χ3n) is 1.01. The average Bonchev–Trinajstić information content (AvgIpc) is 1.64. The van der Waals surface area contributed by atoms with Gasteiger partial charge in [0.25, 0.3) is 0 Å². The second kappa shape index (κ2) is 3.27. The molecule has 0 bridgehead atoms. The van der Waals surface area contributed by atoms with Gasteiger partial charge in [-0.15, -0.1) is 0 Å². The summed E-state index contributed by atoms with van der Waals surface area (Å²) in [5, 5.41) is 0. The van der Waals surface area contributed by atoms with Gasteiger partial charge in [0.15, 0.2) is 0 Å². The Morgan fingerprint density at radius 3 is 1.56 bits per heavy atom. The van der Waals surface area contributed by atoms with Crippen LogP contribution in [0.25, 0.3) is 0 Å². The Labute approximate surface area is 53.7 Å². The van der Waals surface area contributed by atoms with Gasteiger partial charge in [-0.05, 0) is 0 Å². The topological polar surface area (TPSA) is 51.2 Å². The van der Waals surface area contributed by atoms with E-state index in [1.54, 1.807) is 0 Å². The summed E-state index contributed by atoms with van der Waals surface area (Å²) < 4.78 is 9.95. The van der Waals surface area contributed by atoms with E-state index < -0.39 is 17.4 Å². The Kier molecular flexibility index (Phi) is 2.98. The molecular formula is C5H7BO3. The van der Waals surface area contributed by atoms with Crippen molar-refractivity contribution in [1.29, 1.82) is 0 Å². The van der Waals surface area contributed by atoms with Crippen molar-refractivity contribution in [1.82, 2.24) is 0 Å². The number of rotatable bonds is 3. The molecule has 0 aliphatic rings. The number of carbonyl (C=O) groups excluding carboxylic acids is 2. The van der Waals surface area contributed by atoms with Crippen molar-refractivity contribution < 1.29 is 14.3 Å². The number of carbonyl (C=O) groups is 2. The molecule has 48 valence electrons. The van der Waals surface area contributed by atoms with Gasteiger partial charge < -0.3 is 0 Å². The second-order valence-electron chi connectivity index (χ2n) is 1.84. The van der Waals surface area contributed by atoms with Gasteiger partial charge in [-0.2, -0.15) is 0 Å². The molecular weight excluding hydrogens is 119 g/mol. The SMILES string of the molecule is CC(=O)C(B=O)C(C)=O. The maximum atomic E-state index is 10.4. The van der Waals surface area contributed by atoms with E-state index in [2.05, 4.69) is 0 Å². The fraction of sp³-hybridized carbons (Fsp3) is 0.600. The summed E-state index contributed by atoms with van der Waals surface area (Å²) in [7, 11) is 0.366. The van der Waals surface area contributed by atoms with Gasteiger partial charge in [0, 0.05) is 0 Å². The maximum absolute atomic E-state index is 10.4. The van der Waals surface area contributed by atoms with Gasteiger partial charge in [0.2, 0.25) is 0 Å². The molecule has 0 heterocycles. The quantitative estimate of drug-likeness (QED) is 0.395. The summed E-state index contributed by atoms with van der Waals surface area (Å²) in [6.07, 6.45) is 0. The van der Waals surface area contributed by atoms with E-state index in [1.807, 2.05) is 0 Å². The van der Waals surface area contributed by atoms with Crippen LogP contribution in [0.3, 0.4) is 0 Å². The van der Waals surface area contributed by atoms with Crippen molar-refractivity contribution in [3.05, 3.63) is 0 Å². The van der Waals surface area contributed by atoms with Crippen LogP contribution in [0, 0.1) is 0 Å². The molecule has 0 unspecified atom stereocenters. The van der Waals surface area contributed by atoms with Crippen molar-refractivity contribution >= 4 is 18.7 Å². The molecule has 0 aliphatic carbocycles. The van der Waals surface area contributed by atoms with E-state index >= 15 is 0 Å². The van der Waals surface area contributed by atoms with Gasteiger partial charge in [-0.3, -0.25) is 0 Å². The molecule has 3 nitrogen and oxygen atoms in total. The van der Waals surface area contributed by atoms with Crippen molar-refractivity contribution in [2.24, 2.45) is 0 Å². The fourth-order valence-electron chi connectivity index (χ4n) is 0.478. The normalized spacial score (nSPS) is 8.78. The van der Waals surface area contributed by atoms with Crippen LogP contribution >= 0.6 is 0 Å². The first kappa shape index (κ1) is 8.20. The van der Waals surface area contributed by atoms with Crippen LogP contribution < -0.4 is 0 Å². The zero-order valence-corrected chi connectivity index (χ0v) is 5.38. The standard InChI is InChI=1S/C5H7BO3/c1-3(7)5(6-9)4(2)8/h5H,1-2H3. The molecule has 0 aromatic heterocycles. The number of hydrogen-bond donors (Lipinski definition) is 0. The molecule has 9 heavy (non-hydrogen) atoms. The predicted molar refractivity (Wildman–Crippen MR) is 31.6 cm³/mol. The Morgan fingerprint density at radius 1 is 1.22 bits per heavy atom. The van der Waals surface area contributed by atoms with Gasteiger partial charge >= 0.3 is 52.7 Å². The van der Waals surface area contributed by atoms with Crippen LogP contribution in [0.15, 0.2) is 0 Å². The van der Waals surface area contributed by atoms with Crippen molar-refractivity contribution in [2.45, 2.75) is 19.7 Å². The third kappa shape index (κ3) is 2.30. The summed E-state index contributed by atoms with van der Waals surface area (Å²) >= 11 is 0. The minimum absolute atomic E-state index is 0.366. The molecule has 4 heteroatoms. The van der Waals surface area contributed by atoms with Crippen LogP contribution in [-0.2, 0) is 14.3 Å². The van der Waals surface area contributed by atoms with Crippen molar-refractivity contribution in [3.63, 3.8) is 0 Å². The van der Waals surface area contributed by atoms with Crippen LogP contribution in [-0.4, -0.2) is 18.7 Å². The molecule has 0 aromatic rings.